The molecule has 6 heteroatoms. The van der Waals surface area contributed by atoms with Crippen LogP contribution in [0.3, 0.4) is 0 Å². The van der Waals surface area contributed by atoms with Crippen LogP contribution in [-0.4, -0.2) is 33.0 Å². The fourth-order valence-electron chi connectivity index (χ4n) is 3.98. The number of carbonyl (C=O) groups is 2. The average molecular weight is 707 g/mol. The average Bonchev–Trinajstić information content (AvgIpc) is 2.76. The Morgan fingerprint density at radius 2 is 0.676 bits per heavy atom. The minimum absolute atomic E-state index is 0.0494. The summed E-state index contributed by atoms with van der Waals surface area (Å²) in [6.45, 7) is 5.26. The van der Waals surface area contributed by atoms with Gasteiger partial charge in [-0.05, 0) is 12.8 Å². The molecule has 34 heavy (non-hydrogen) atoms. The molecule has 0 N–H and O–H groups in total. The highest BCUT2D eigenvalue weighted by Crippen LogP contribution is 2.15. The Balaban J connectivity index is 3.13. The van der Waals surface area contributed by atoms with Crippen molar-refractivity contribution in [2.45, 2.75) is 150 Å². The van der Waals surface area contributed by atoms with Crippen molar-refractivity contribution in [3.05, 3.63) is 0 Å². The smallest absolute Gasteiger partial charge is 0.306 e. The highest BCUT2D eigenvalue weighted by molar-refractivity contribution is 14.1. The van der Waals surface area contributed by atoms with E-state index in [0.29, 0.717) is 33.9 Å². The maximum absolute atomic E-state index is 11.5. The predicted octanol–water partition coefficient (Wildman–Crippen LogP) is 9.52. The van der Waals surface area contributed by atoms with Crippen LogP contribution < -0.4 is 0 Å². The molecular weight excluding hydrogens is 654 g/mol. The highest BCUT2D eigenvalue weighted by Gasteiger charge is 2.07. The zero-order valence-corrected chi connectivity index (χ0v) is 26.4. The first kappa shape index (κ1) is 34.4. The second-order valence-electron chi connectivity index (χ2n) is 9.77. The molecule has 0 aromatic carbocycles. The molecule has 0 saturated heterocycles. The van der Waals surface area contributed by atoms with Crippen molar-refractivity contribution in [1.82, 2.24) is 0 Å². The van der Waals surface area contributed by atoms with Crippen molar-refractivity contribution in [3.63, 3.8) is 0 Å². The van der Waals surface area contributed by atoms with Crippen LogP contribution in [0.4, 0.5) is 0 Å². The van der Waals surface area contributed by atoms with Crippen molar-refractivity contribution in [2.75, 3.05) is 13.2 Å². The minimum Gasteiger partial charge on any atom is -0.466 e. The standard InChI is InChI=1S/C28H52I2O4/c1-25(29)23-27(31)33-21-19-17-15-13-11-9-7-5-3-4-6-8-10-12-14-16-18-20-22-34-28(32)24-26(2)30/h25-26H,3-24H2,1-2H3. The Kier molecular flexibility index (Phi) is 26.8. The van der Waals surface area contributed by atoms with Gasteiger partial charge in [-0.25, -0.2) is 0 Å². The fraction of sp³-hybridized carbons (Fsp3) is 0.929. The number of hydrogen-bond acceptors (Lipinski definition) is 4. The van der Waals surface area contributed by atoms with Gasteiger partial charge in [-0.2, -0.15) is 0 Å². The van der Waals surface area contributed by atoms with E-state index >= 15 is 0 Å². The van der Waals surface area contributed by atoms with E-state index in [0.717, 1.165) is 12.8 Å². The molecule has 0 radical (unpaired) electrons. The van der Waals surface area contributed by atoms with E-state index < -0.39 is 0 Å². The first-order valence-corrected chi connectivity index (χ1v) is 16.5. The Morgan fingerprint density at radius 3 is 0.882 bits per heavy atom. The van der Waals surface area contributed by atoms with Gasteiger partial charge < -0.3 is 9.47 Å². The summed E-state index contributed by atoms with van der Waals surface area (Å²) in [7, 11) is 0. The van der Waals surface area contributed by atoms with Crippen molar-refractivity contribution >= 4 is 57.1 Å². The number of unbranched alkanes of at least 4 members (excludes halogenated alkanes) is 17. The summed E-state index contributed by atoms with van der Waals surface area (Å²) in [6.07, 6.45) is 24.4. The largest absolute Gasteiger partial charge is 0.466 e. The van der Waals surface area contributed by atoms with E-state index in [9.17, 15) is 9.59 Å². The van der Waals surface area contributed by atoms with Crippen LogP contribution >= 0.6 is 45.2 Å². The number of carbonyl (C=O) groups excluding carboxylic acids is 2. The van der Waals surface area contributed by atoms with Crippen LogP contribution in [0.15, 0.2) is 0 Å². The van der Waals surface area contributed by atoms with Crippen LogP contribution in [0, 0.1) is 0 Å². The summed E-state index contributed by atoms with van der Waals surface area (Å²) in [5.74, 6) is -0.0987. The van der Waals surface area contributed by atoms with Crippen molar-refractivity contribution in [2.24, 2.45) is 0 Å². The number of ether oxygens (including phenoxy) is 2. The zero-order valence-electron chi connectivity index (χ0n) is 22.1. The summed E-state index contributed by atoms with van der Waals surface area (Å²) < 4.78 is 11.2. The van der Waals surface area contributed by atoms with Crippen LogP contribution in [-0.2, 0) is 19.1 Å². The van der Waals surface area contributed by atoms with Gasteiger partial charge >= 0.3 is 11.9 Å². The number of halogens is 2. The van der Waals surface area contributed by atoms with Gasteiger partial charge in [-0.1, -0.05) is 162 Å². The molecule has 0 aliphatic heterocycles. The first-order chi connectivity index (χ1) is 16.4. The third-order valence-corrected chi connectivity index (χ3v) is 6.84. The van der Waals surface area contributed by atoms with Gasteiger partial charge in [0, 0.05) is 7.85 Å². The molecule has 0 rings (SSSR count). The van der Waals surface area contributed by atoms with Gasteiger partial charge in [0.1, 0.15) is 0 Å². The van der Waals surface area contributed by atoms with E-state index in [1.165, 1.54) is 103 Å². The number of esters is 2. The van der Waals surface area contributed by atoms with E-state index in [4.69, 9.17) is 9.47 Å². The number of alkyl halides is 2. The summed E-state index contributed by atoms with van der Waals surface area (Å²) in [5.41, 5.74) is 0. The van der Waals surface area contributed by atoms with Gasteiger partial charge in [0.05, 0.1) is 26.1 Å². The second-order valence-corrected chi connectivity index (χ2v) is 14.0. The SMILES string of the molecule is CC(I)CC(=O)OCCCCCCCCCCCCCCCCCCCCOC(=O)CC(C)I. The highest BCUT2D eigenvalue weighted by atomic mass is 127. The van der Waals surface area contributed by atoms with Gasteiger partial charge in [-0.3, -0.25) is 9.59 Å². The Labute approximate surface area is 238 Å². The molecule has 202 valence electrons. The molecule has 0 aliphatic rings. The van der Waals surface area contributed by atoms with E-state index in [1.807, 2.05) is 13.8 Å². The van der Waals surface area contributed by atoms with E-state index in [2.05, 4.69) is 45.2 Å². The Hall–Kier alpha value is 0.400. The lowest BCUT2D eigenvalue weighted by Crippen LogP contribution is -2.09. The summed E-state index contributed by atoms with van der Waals surface area (Å²) in [5, 5.41) is 0. The molecular formula is C28H52I2O4. The van der Waals surface area contributed by atoms with Gasteiger partial charge in [0.2, 0.25) is 0 Å². The van der Waals surface area contributed by atoms with Crippen LogP contribution in [0.25, 0.3) is 0 Å². The topological polar surface area (TPSA) is 52.6 Å². The minimum atomic E-state index is -0.0494. The van der Waals surface area contributed by atoms with Gasteiger partial charge in [-0.15, -0.1) is 0 Å². The normalized spacial score (nSPS) is 12.9. The van der Waals surface area contributed by atoms with Crippen molar-refractivity contribution in [3.8, 4) is 0 Å². The van der Waals surface area contributed by atoms with E-state index in [1.54, 1.807) is 0 Å². The molecule has 2 atom stereocenters. The van der Waals surface area contributed by atoms with Crippen molar-refractivity contribution < 1.29 is 19.1 Å². The molecule has 2 unspecified atom stereocenters. The Morgan fingerprint density at radius 1 is 0.471 bits per heavy atom. The number of rotatable bonds is 25. The van der Waals surface area contributed by atoms with Crippen molar-refractivity contribution in [1.29, 1.82) is 0 Å². The third-order valence-electron chi connectivity index (χ3n) is 5.96. The fourth-order valence-corrected chi connectivity index (χ4v) is 4.70. The zero-order chi connectivity index (χ0) is 25.3. The van der Waals surface area contributed by atoms with Gasteiger partial charge in [0.25, 0.3) is 0 Å². The van der Waals surface area contributed by atoms with Crippen LogP contribution in [0.5, 0.6) is 0 Å². The first-order valence-electron chi connectivity index (χ1n) is 14.0. The van der Waals surface area contributed by atoms with Crippen LogP contribution in [0.2, 0.25) is 0 Å². The molecule has 0 aromatic heterocycles. The quantitative estimate of drug-likeness (QED) is 0.0411. The summed E-state index contributed by atoms with van der Waals surface area (Å²) >= 11 is 4.52. The maximum Gasteiger partial charge on any atom is 0.306 e. The second kappa shape index (κ2) is 26.5. The molecule has 0 heterocycles. The molecule has 0 amide bonds. The summed E-state index contributed by atoms with van der Waals surface area (Å²) in [6, 6.07) is 0. The molecule has 0 aromatic rings. The molecule has 4 nitrogen and oxygen atoms in total. The molecule has 0 saturated carbocycles. The third kappa shape index (κ3) is 28.6. The molecule has 0 bridgehead atoms. The number of hydrogen-bond donors (Lipinski definition) is 0. The lowest BCUT2D eigenvalue weighted by Gasteiger charge is -2.06. The predicted molar refractivity (Wildman–Crippen MR) is 161 cm³/mol. The monoisotopic (exact) mass is 706 g/mol. The molecule has 0 aliphatic carbocycles. The Bertz CT molecular complexity index is 427. The summed E-state index contributed by atoms with van der Waals surface area (Å²) in [4.78, 5) is 22.9. The lowest BCUT2D eigenvalue weighted by molar-refractivity contribution is -0.144. The lowest BCUT2D eigenvalue weighted by atomic mass is 10.0. The van der Waals surface area contributed by atoms with E-state index in [-0.39, 0.29) is 11.9 Å². The van der Waals surface area contributed by atoms with Crippen LogP contribution in [0.1, 0.15) is 142 Å². The molecule has 0 fully saturated rings. The molecule has 0 spiro atoms. The maximum atomic E-state index is 11.5. The van der Waals surface area contributed by atoms with Gasteiger partial charge in [0.15, 0.2) is 0 Å².